The molecule has 0 aliphatic rings. The van der Waals surface area contributed by atoms with Crippen LogP contribution in [0.1, 0.15) is 36.5 Å². The summed E-state index contributed by atoms with van der Waals surface area (Å²) in [4.78, 5) is 0. The number of hydrogen-bond donors (Lipinski definition) is 0. The molecule has 0 amide bonds. The molecule has 1 aromatic rings. The van der Waals surface area contributed by atoms with Gasteiger partial charge in [-0.2, -0.15) is 18.4 Å². The highest BCUT2D eigenvalue weighted by atomic mass is 35.5. The molecule has 1 nitrogen and oxygen atoms in total. The molecule has 0 fully saturated rings. The van der Waals surface area contributed by atoms with Gasteiger partial charge in [0.2, 0.25) is 0 Å². The Morgan fingerprint density at radius 3 is 2.25 bits per heavy atom. The third-order valence-corrected chi connectivity index (χ3v) is 2.49. The zero-order valence-electron chi connectivity index (χ0n) is 8.69. The van der Waals surface area contributed by atoms with Crippen molar-refractivity contribution in [2.24, 2.45) is 0 Å². The summed E-state index contributed by atoms with van der Waals surface area (Å²) >= 11 is 5.66. The highest BCUT2D eigenvalue weighted by molar-refractivity contribution is 6.31. The molecular formula is C11H9ClF3N. The van der Waals surface area contributed by atoms with Crippen LogP contribution in [-0.4, -0.2) is 0 Å². The van der Waals surface area contributed by atoms with Crippen molar-refractivity contribution in [2.75, 3.05) is 0 Å². The van der Waals surface area contributed by atoms with Crippen LogP contribution in [0.5, 0.6) is 0 Å². The van der Waals surface area contributed by atoms with E-state index < -0.39 is 17.3 Å². The molecule has 0 aliphatic carbocycles. The Hall–Kier alpha value is -1.21. The second-order valence-electron chi connectivity index (χ2n) is 3.69. The number of benzene rings is 1. The maximum absolute atomic E-state index is 12.6. The summed E-state index contributed by atoms with van der Waals surface area (Å²) in [6.45, 7) is 3.52. The molecule has 1 rings (SSSR count). The zero-order chi connectivity index (χ0) is 12.5. The van der Waals surface area contributed by atoms with Crippen molar-refractivity contribution in [1.29, 1.82) is 5.26 Å². The minimum Gasteiger partial charge on any atom is -0.192 e. The summed E-state index contributed by atoms with van der Waals surface area (Å²) < 4.78 is 37.9. The van der Waals surface area contributed by atoms with Crippen LogP contribution in [0, 0.1) is 11.3 Å². The zero-order valence-corrected chi connectivity index (χ0v) is 9.45. The third kappa shape index (κ3) is 2.48. The number of nitrogens with zero attached hydrogens (tertiary/aromatic N) is 1. The average molecular weight is 248 g/mol. The predicted molar refractivity (Wildman–Crippen MR) is 55.3 cm³/mol. The molecule has 86 valence electrons. The number of nitriles is 1. The Bertz CT molecular complexity index is 444. The number of rotatable bonds is 1. The summed E-state index contributed by atoms with van der Waals surface area (Å²) in [5.41, 5.74) is -1.01. The fourth-order valence-corrected chi connectivity index (χ4v) is 1.57. The monoisotopic (exact) mass is 247 g/mol. The quantitative estimate of drug-likeness (QED) is 0.724. The Morgan fingerprint density at radius 1 is 1.31 bits per heavy atom. The van der Waals surface area contributed by atoms with Gasteiger partial charge in [-0.05, 0) is 23.6 Å². The molecule has 5 heteroatoms. The van der Waals surface area contributed by atoms with Crippen molar-refractivity contribution in [3.05, 3.63) is 33.8 Å². The Labute approximate surface area is 96.4 Å². The Kier molecular flexibility index (Phi) is 3.49. The van der Waals surface area contributed by atoms with E-state index in [1.165, 1.54) is 12.1 Å². The number of halogens is 4. The van der Waals surface area contributed by atoms with Crippen molar-refractivity contribution >= 4 is 11.6 Å². The highest BCUT2D eigenvalue weighted by Crippen LogP contribution is 2.37. The molecule has 0 aliphatic heterocycles. The van der Waals surface area contributed by atoms with Crippen molar-refractivity contribution in [1.82, 2.24) is 0 Å². The summed E-state index contributed by atoms with van der Waals surface area (Å²) in [6.07, 6.45) is -4.56. The lowest BCUT2D eigenvalue weighted by atomic mass is 9.97. The minimum absolute atomic E-state index is 0.0775. The van der Waals surface area contributed by atoms with Crippen molar-refractivity contribution < 1.29 is 13.2 Å². The first-order chi connectivity index (χ1) is 7.27. The molecule has 0 saturated carbocycles. The van der Waals surface area contributed by atoms with Gasteiger partial charge in [-0.15, -0.1) is 0 Å². The topological polar surface area (TPSA) is 23.8 Å². The van der Waals surface area contributed by atoms with Crippen LogP contribution in [-0.2, 0) is 6.18 Å². The molecule has 0 heterocycles. The molecule has 16 heavy (non-hydrogen) atoms. The van der Waals surface area contributed by atoms with E-state index in [4.69, 9.17) is 16.9 Å². The van der Waals surface area contributed by atoms with Gasteiger partial charge in [0, 0.05) is 0 Å². The normalized spacial score (nSPS) is 11.6. The lowest BCUT2D eigenvalue weighted by molar-refractivity contribution is -0.137. The van der Waals surface area contributed by atoms with Gasteiger partial charge in [0.05, 0.1) is 16.1 Å². The van der Waals surface area contributed by atoms with Gasteiger partial charge in [0.25, 0.3) is 0 Å². The lowest BCUT2D eigenvalue weighted by Crippen LogP contribution is -2.09. The molecule has 0 atom stereocenters. The molecule has 0 unspecified atom stereocenters. The van der Waals surface area contributed by atoms with Crippen LogP contribution in [0.2, 0.25) is 5.02 Å². The lowest BCUT2D eigenvalue weighted by Gasteiger charge is -2.14. The summed E-state index contributed by atoms with van der Waals surface area (Å²) in [5, 5.41) is 8.51. The van der Waals surface area contributed by atoms with Crippen molar-refractivity contribution in [3.8, 4) is 6.07 Å². The van der Waals surface area contributed by atoms with E-state index in [2.05, 4.69) is 0 Å². The van der Waals surface area contributed by atoms with Crippen molar-refractivity contribution in [3.63, 3.8) is 0 Å². The van der Waals surface area contributed by atoms with Gasteiger partial charge in [0.15, 0.2) is 0 Å². The number of hydrogen-bond acceptors (Lipinski definition) is 1. The summed E-state index contributed by atoms with van der Waals surface area (Å²) in [6, 6.07) is 3.87. The summed E-state index contributed by atoms with van der Waals surface area (Å²) in [5.74, 6) is -0.0775. The minimum atomic E-state index is -4.56. The Morgan fingerprint density at radius 2 is 1.88 bits per heavy atom. The standard InChI is InChI=1S/C11H9ClF3N/c1-6(2)7-3-9(11(13,14)15)8(5-16)10(12)4-7/h3-4,6H,1-2H3. The van der Waals surface area contributed by atoms with Gasteiger partial charge in [0.1, 0.15) is 6.07 Å². The first-order valence-electron chi connectivity index (χ1n) is 4.58. The third-order valence-electron chi connectivity index (χ3n) is 2.20. The SMILES string of the molecule is CC(C)c1cc(Cl)c(C#N)c(C(F)(F)F)c1. The Balaban J connectivity index is 3.51. The predicted octanol–water partition coefficient (Wildman–Crippen LogP) is 4.35. The van der Waals surface area contributed by atoms with E-state index in [1.807, 2.05) is 0 Å². The fraction of sp³-hybridized carbons (Fsp3) is 0.364. The number of alkyl halides is 3. The van der Waals surface area contributed by atoms with Gasteiger partial charge >= 0.3 is 6.18 Å². The first-order valence-corrected chi connectivity index (χ1v) is 4.96. The molecule has 0 spiro atoms. The van der Waals surface area contributed by atoms with E-state index in [-0.39, 0.29) is 10.9 Å². The van der Waals surface area contributed by atoms with Gasteiger partial charge in [-0.1, -0.05) is 25.4 Å². The van der Waals surface area contributed by atoms with Crippen LogP contribution in [0.25, 0.3) is 0 Å². The van der Waals surface area contributed by atoms with Crippen LogP contribution >= 0.6 is 11.6 Å². The smallest absolute Gasteiger partial charge is 0.192 e. The molecule has 0 radical (unpaired) electrons. The van der Waals surface area contributed by atoms with Crippen LogP contribution in [0.3, 0.4) is 0 Å². The average Bonchev–Trinajstić information content (AvgIpc) is 2.14. The van der Waals surface area contributed by atoms with E-state index in [0.717, 1.165) is 6.07 Å². The second kappa shape index (κ2) is 4.34. The summed E-state index contributed by atoms with van der Waals surface area (Å²) in [7, 11) is 0. The fourth-order valence-electron chi connectivity index (χ4n) is 1.30. The maximum Gasteiger partial charge on any atom is 0.417 e. The van der Waals surface area contributed by atoms with Gasteiger partial charge < -0.3 is 0 Å². The van der Waals surface area contributed by atoms with Crippen LogP contribution in [0.15, 0.2) is 12.1 Å². The van der Waals surface area contributed by atoms with E-state index in [9.17, 15) is 13.2 Å². The van der Waals surface area contributed by atoms with E-state index in [1.54, 1.807) is 13.8 Å². The molecule has 0 N–H and O–H groups in total. The molecule has 0 aromatic heterocycles. The molecular weight excluding hydrogens is 239 g/mol. The van der Waals surface area contributed by atoms with E-state index >= 15 is 0 Å². The van der Waals surface area contributed by atoms with Crippen molar-refractivity contribution in [2.45, 2.75) is 25.9 Å². The highest BCUT2D eigenvalue weighted by Gasteiger charge is 2.35. The van der Waals surface area contributed by atoms with Gasteiger partial charge in [-0.25, -0.2) is 0 Å². The molecule has 0 saturated heterocycles. The van der Waals surface area contributed by atoms with E-state index in [0.29, 0.717) is 5.56 Å². The molecule has 1 aromatic carbocycles. The van der Waals surface area contributed by atoms with Crippen LogP contribution in [0.4, 0.5) is 13.2 Å². The van der Waals surface area contributed by atoms with Gasteiger partial charge in [-0.3, -0.25) is 0 Å². The second-order valence-corrected chi connectivity index (χ2v) is 4.10. The largest absolute Gasteiger partial charge is 0.417 e. The van der Waals surface area contributed by atoms with Crippen LogP contribution < -0.4 is 0 Å². The first kappa shape index (κ1) is 12.9. The molecule has 0 bridgehead atoms. The maximum atomic E-state index is 12.6.